The zero-order valence-corrected chi connectivity index (χ0v) is 13.4. The van der Waals surface area contributed by atoms with Gasteiger partial charge in [-0.25, -0.2) is 4.98 Å². The Balaban J connectivity index is 2.17. The molecule has 1 N–H and O–H groups in total. The fourth-order valence-electron chi connectivity index (χ4n) is 2.64. The highest BCUT2D eigenvalue weighted by atomic mass is 32.1. The number of ketones is 1. The summed E-state index contributed by atoms with van der Waals surface area (Å²) in [6.07, 6.45) is 2.99. The number of Topliss-reactive ketones (excluding diaryl/α,β-unsaturated/α-hetero) is 1. The van der Waals surface area contributed by atoms with Crippen molar-refractivity contribution in [3.8, 4) is 0 Å². The Morgan fingerprint density at radius 2 is 2.00 bits per heavy atom. The van der Waals surface area contributed by atoms with Crippen LogP contribution in [0, 0.1) is 11.3 Å². The van der Waals surface area contributed by atoms with E-state index >= 15 is 0 Å². The molecule has 0 saturated heterocycles. The quantitative estimate of drug-likeness (QED) is 0.921. The molecule has 0 fully saturated rings. The molecule has 1 heterocycles. The van der Waals surface area contributed by atoms with Crippen LogP contribution < -0.4 is 5.32 Å². The minimum Gasteiger partial charge on any atom is -0.302 e. The van der Waals surface area contributed by atoms with Crippen molar-refractivity contribution in [2.45, 2.75) is 53.4 Å². The van der Waals surface area contributed by atoms with E-state index in [9.17, 15) is 9.59 Å². The monoisotopic (exact) mass is 294 g/mol. The average molecular weight is 294 g/mol. The number of amides is 1. The predicted molar refractivity (Wildman–Crippen MR) is 81.2 cm³/mol. The lowest BCUT2D eigenvalue weighted by atomic mass is 9.78. The Kier molecular flexibility index (Phi) is 4.28. The lowest BCUT2D eigenvalue weighted by Gasteiger charge is -2.26. The van der Waals surface area contributed by atoms with E-state index in [2.05, 4.69) is 24.1 Å². The maximum atomic E-state index is 12.1. The summed E-state index contributed by atoms with van der Waals surface area (Å²) in [6, 6.07) is 0. The summed E-state index contributed by atoms with van der Waals surface area (Å²) < 4.78 is 0. The van der Waals surface area contributed by atoms with Crippen LogP contribution in [0.1, 0.15) is 62.3 Å². The third-order valence-electron chi connectivity index (χ3n) is 3.82. The van der Waals surface area contributed by atoms with Gasteiger partial charge in [0.05, 0.1) is 10.6 Å². The number of aromatic nitrogens is 1. The normalized spacial score (nSPS) is 17.1. The molecule has 0 unspecified atom stereocenters. The van der Waals surface area contributed by atoms with Crippen LogP contribution in [0.15, 0.2) is 0 Å². The van der Waals surface area contributed by atoms with Crippen molar-refractivity contribution in [1.82, 2.24) is 4.98 Å². The number of nitrogens with one attached hydrogen (secondary N) is 1. The second-order valence-corrected chi connectivity index (χ2v) is 7.24. The van der Waals surface area contributed by atoms with Crippen LogP contribution in [0.2, 0.25) is 0 Å². The van der Waals surface area contributed by atoms with Crippen molar-refractivity contribution < 1.29 is 9.59 Å². The third kappa shape index (κ3) is 3.08. The first-order valence-electron chi connectivity index (χ1n) is 7.20. The summed E-state index contributed by atoms with van der Waals surface area (Å²) in [5.74, 6) is 0.174. The molecule has 1 aliphatic rings. The van der Waals surface area contributed by atoms with Gasteiger partial charge in [-0.05, 0) is 24.7 Å². The van der Waals surface area contributed by atoms with Gasteiger partial charge in [0.1, 0.15) is 0 Å². The zero-order valence-electron chi connectivity index (χ0n) is 12.6. The molecule has 1 aliphatic carbocycles. The summed E-state index contributed by atoms with van der Waals surface area (Å²) >= 11 is 1.32. The highest BCUT2D eigenvalue weighted by molar-refractivity contribution is 7.17. The predicted octanol–water partition coefficient (Wildman–Crippen LogP) is 3.67. The van der Waals surface area contributed by atoms with Crippen LogP contribution in [-0.2, 0) is 11.2 Å². The van der Waals surface area contributed by atoms with Crippen molar-refractivity contribution >= 4 is 28.2 Å². The summed E-state index contributed by atoms with van der Waals surface area (Å²) in [5, 5.41) is 3.43. The van der Waals surface area contributed by atoms with Crippen LogP contribution in [0.5, 0.6) is 0 Å². The van der Waals surface area contributed by atoms with E-state index in [0.717, 1.165) is 29.8 Å². The topological polar surface area (TPSA) is 59.1 Å². The molecule has 1 aromatic heterocycles. The molecule has 0 aromatic carbocycles. The molecule has 5 heteroatoms. The van der Waals surface area contributed by atoms with E-state index in [1.54, 1.807) is 0 Å². The maximum absolute atomic E-state index is 12.1. The molecule has 0 atom stereocenters. The number of rotatable bonds is 4. The smallest absolute Gasteiger partial charge is 0.229 e. The van der Waals surface area contributed by atoms with Crippen molar-refractivity contribution in [2.24, 2.45) is 11.3 Å². The van der Waals surface area contributed by atoms with E-state index in [0.29, 0.717) is 11.6 Å². The molecule has 20 heavy (non-hydrogen) atoms. The van der Waals surface area contributed by atoms with Gasteiger partial charge >= 0.3 is 0 Å². The van der Waals surface area contributed by atoms with E-state index in [-0.39, 0.29) is 23.0 Å². The number of fused-ring (bicyclic) bond motifs is 1. The zero-order chi connectivity index (χ0) is 14.9. The van der Waals surface area contributed by atoms with Gasteiger partial charge in [0.15, 0.2) is 10.9 Å². The molecule has 4 nitrogen and oxygen atoms in total. The minimum absolute atomic E-state index is 0.00723. The lowest BCUT2D eigenvalue weighted by Crippen LogP contribution is -2.26. The number of hydrogen-bond acceptors (Lipinski definition) is 4. The molecule has 1 amide bonds. The number of anilines is 1. The highest BCUT2D eigenvalue weighted by Gasteiger charge is 2.34. The summed E-state index contributed by atoms with van der Waals surface area (Å²) in [5.41, 5.74) is 0.811. The first-order valence-corrected chi connectivity index (χ1v) is 8.01. The molecule has 0 saturated carbocycles. The first kappa shape index (κ1) is 15.2. The summed E-state index contributed by atoms with van der Waals surface area (Å²) in [4.78, 5) is 29.4. The summed E-state index contributed by atoms with van der Waals surface area (Å²) in [6.45, 7) is 8.17. The van der Waals surface area contributed by atoms with Crippen LogP contribution in [0.25, 0.3) is 0 Å². The van der Waals surface area contributed by atoms with Crippen LogP contribution >= 0.6 is 11.3 Å². The van der Waals surface area contributed by atoms with Gasteiger partial charge in [-0.1, -0.05) is 39.0 Å². The summed E-state index contributed by atoms with van der Waals surface area (Å²) in [7, 11) is 0. The number of nitrogens with zero attached hydrogens (tertiary/aromatic N) is 1. The van der Waals surface area contributed by atoms with E-state index < -0.39 is 0 Å². The fourth-order valence-corrected chi connectivity index (χ4v) is 3.56. The standard InChI is InChI=1S/C15H22N2O2S/c1-5-9(6-2)13(19)17-14-16-10-7-15(3,4)8-11(18)12(10)20-14/h9H,5-8H2,1-4H3,(H,16,17,19). The van der Waals surface area contributed by atoms with Crippen LogP contribution in [0.4, 0.5) is 5.13 Å². The molecular formula is C15H22N2O2S. The number of carbonyl (C=O) groups excluding carboxylic acids is 2. The largest absolute Gasteiger partial charge is 0.302 e. The van der Waals surface area contributed by atoms with Crippen LogP contribution in [-0.4, -0.2) is 16.7 Å². The molecule has 0 spiro atoms. The van der Waals surface area contributed by atoms with Crippen molar-refractivity contribution in [2.75, 3.05) is 5.32 Å². The third-order valence-corrected chi connectivity index (χ3v) is 4.88. The molecule has 1 aromatic rings. The number of carbonyl (C=O) groups is 2. The Morgan fingerprint density at radius 3 is 2.60 bits per heavy atom. The maximum Gasteiger partial charge on any atom is 0.229 e. The SMILES string of the molecule is CCC(CC)C(=O)Nc1nc2c(s1)C(=O)CC(C)(C)C2. The molecule has 0 aliphatic heterocycles. The first-order chi connectivity index (χ1) is 9.36. The van der Waals surface area contributed by atoms with Gasteiger partial charge in [-0.2, -0.15) is 0 Å². The minimum atomic E-state index is -0.0329. The van der Waals surface area contributed by atoms with Gasteiger partial charge in [0.25, 0.3) is 0 Å². The van der Waals surface area contributed by atoms with Gasteiger partial charge in [0.2, 0.25) is 5.91 Å². The van der Waals surface area contributed by atoms with Crippen molar-refractivity contribution in [3.05, 3.63) is 10.6 Å². The highest BCUT2D eigenvalue weighted by Crippen LogP contribution is 2.38. The number of thiazole rings is 1. The Labute approximate surface area is 124 Å². The molecular weight excluding hydrogens is 272 g/mol. The van der Waals surface area contributed by atoms with Crippen LogP contribution in [0.3, 0.4) is 0 Å². The Morgan fingerprint density at radius 1 is 1.35 bits per heavy atom. The van der Waals surface area contributed by atoms with E-state index in [1.807, 2.05) is 13.8 Å². The fraction of sp³-hybridized carbons (Fsp3) is 0.667. The Hall–Kier alpha value is -1.23. The van der Waals surface area contributed by atoms with Crippen molar-refractivity contribution in [3.63, 3.8) is 0 Å². The number of hydrogen-bond donors (Lipinski definition) is 1. The molecule has 0 radical (unpaired) electrons. The van der Waals surface area contributed by atoms with Gasteiger partial charge in [0, 0.05) is 12.3 Å². The lowest BCUT2D eigenvalue weighted by molar-refractivity contribution is -0.120. The second-order valence-electron chi connectivity index (χ2n) is 6.24. The van der Waals surface area contributed by atoms with E-state index in [4.69, 9.17) is 0 Å². The van der Waals surface area contributed by atoms with E-state index in [1.165, 1.54) is 11.3 Å². The van der Waals surface area contributed by atoms with Crippen molar-refractivity contribution in [1.29, 1.82) is 0 Å². The molecule has 2 rings (SSSR count). The average Bonchev–Trinajstić information content (AvgIpc) is 2.71. The molecule has 0 bridgehead atoms. The van der Waals surface area contributed by atoms with Gasteiger partial charge in [-0.15, -0.1) is 0 Å². The second kappa shape index (κ2) is 5.64. The molecule has 110 valence electrons. The van der Waals surface area contributed by atoms with Gasteiger partial charge in [-0.3, -0.25) is 9.59 Å². The van der Waals surface area contributed by atoms with Gasteiger partial charge < -0.3 is 5.32 Å². The Bertz CT molecular complexity index is 530.